The van der Waals surface area contributed by atoms with Gasteiger partial charge in [-0.3, -0.25) is 4.99 Å². The molecule has 0 saturated carbocycles. The van der Waals surface area contributed by atoms with E-state index in [-0.39, 0.29) is 11.5 Å². The molecule has 1 aliphatic heterocycles. The largest absolute Gasteiger partial charge is 0.355 e. The van der Waals surface area contributed by atoms with Gasteiger partial charge in [-0.15, -0.1) is 0 Å². The summed E-state index contributed by atoms with van der Waals surface area (Å²) in [6.45, 7) is 6.38. The van der Waals surface area contributed by atoms with Crippen molar-refractivity contribution in [2.45, 2.75) is 26.7 Å². The van der Waals surface area contributed by atoms with E-state index in [1.807, 2.05) is 0 Å². The summed E-state index contributed by atoms with van der Waals surface area (Å²) in [5.74, 6) is 1.98. The number of nitrogens with zero attached hydrogens (tertiary/aromatic N) is 2. The molecule has 5 nitrogen and oxygen atoms in total. The molecule has 106 valence electrons. The quantitative estimate of drug-likeness (QED) is 0.607. The van der Waals surface area contributed by atoms with E-state index in [0.717, 1.165) is 25.0 Å². The first-order valence-electron chi connectivity index (χ1n) is 6.64. The van der Waals surface area contributed by atoms with Crippen LogP contribution in [0.2, 0.25) is 0 Å². The minimum absolute atomic E-state index is 0.173. The molecule has 1 rings (SSSR count). The van der Waals surface area contributed by atoms with Crippen LogP contribution in [0.1, 0.15) is 26.7 Å². The fourth-order valence-corrected chi connectivity index (χ4v) is 2.72. The maximum absolute atomic E-state index is 11.4. The first kappa shape index (κ1) is 15.3. The van der Waals surface area contributed by atoms with Crippen molar-refractivity contribution in [1.82, 2.24) is 10.2 Å². The molecule has 0 amide bonds. The SMILES string of the molecule is CCS(=O)(=O)CCNC(=NC)N1CCC(C)CC1. The Balaban J connectivity index is 2.39. The highest BCUT2D eigenvalue weighted by molar-refractivity contribution is 7.91. The van der Waals surface area contributed by atoms with Gasteiger partial charge >= 0.3 is 0 Å². The van der Waals surface area contributed by atoms with Crippen LogP contribution in [0.25, 0.3) is 0 Å². The number of likely N-dealkylation sites (tertiary alicyclic amines) is 1. The molecule has 0 aliphatic carbocycles. The van der Waals surface area contributed by atoms with E-state index in [1.54, 1.807) is 14.0 Å². The molecule has 0 atom stereocenters. The first-order valence-corrected chi connectivity index (χ1v) is 8.46. The van der Waals surface area contributed by atoms with Gasteiger partial charge in [-0.2, -0.15) is 0 Å². The van der Waals surface area contributed by atoms with Crippen molar-refractivity contribution in [3.8, 4) is 0 Å². The highest BCUT2D eigenvalue weighted by Gasteiger charge is 2.18. The average molecular weight is 275 g/mol. The molecule has 18 heavy (non-hydrogen) atoms. The van der Waals surface area contributed by atoms with E-state index < -0.39 is 9.84 Å². The zero-order chi connectivity index (χ0) is 13.6. The molecule has 0 aromatic heterocycles. The van der Waals surface area contributed by atoms with Gasteiger partial charge in [0, 0.05) is 32.4 Å². The molecule has 1 fully saturated rings. The minimum atomic E-state index is -2.90. The third kappa shape index (κ3) is 4.84. The van der Waals surface area contributed by atoms with Crippen LogP contribution in [0.15, 0.2) is 4.99 Å². The topological polar surface area (TPSA) is 61.8 Å². The fraction of sp³-hybridized carbons (Fsp3) is 0.917. The van der Waals surface area contributed by atoms with E-state index in [4.69, 9.17) is 0 Å². The summed E-state index contributed by atoms with van der Waals surface area (Å²) in [5, 5.41) is 3.14. The molecule has 0 spiro atoms. The Morgan fingerprint density at radius 1 is 1.39 bits per heavy atom. The van der Waals surface area contributed by atoms with Crippen molar-refractivity contribution >= 4 is 15.8 Å². The third-order valence-corrected chi connectivity index (χ3v) is 5.14. The van der Waals surface area contributed by atoms with Gasteiger partial charge in [-0.1, -0.05) is 13.8 Å². The Morgan fingerprint density at radius 2 is 2.00 bits per heavy atom. The molecule has 6 heteroatoms. The monoisotopic (exact) mass is 275 g/mol. The number of hydrogen-bond acceptors (Lipinski definition) is 3. The second-order valence-corrected chi connectivity index (χ2v) is 7.35. The average Bonchev–Trinajstić information content (AvgIpc) is 2.36. The van der Waals surface area contributed by atoms with Crippen molar-refractivity contribution in [1.29, 1.82) is 0 Å². The number of piperidine rings is 1. The van der Waals surface area contributed by atoms with Crippen LogP contribution in [0, 0.1) is 5.92 Å². The number of aliphatic imine (C=N–C) groups is 1. The summed E-state index contributed by atoms with van der Waals surface area (Å²) in [6, 6.07) is 0. The van der Waals surface area contributed by atoms with Gasteiger partial charge in [0.25, 0.3) is 0 Å². The van der Waals surface area contributed by atoms with Crippen molar-refractivity contribution in [3.05, 3.63) is 0 Å². The minimum Gasteiger partial charge on any atom is -0.355 e. The maximum atomic E-state index is 11.4. The van der Waals surface area contributed by atoms with Gasteiger partial charge in [0.05, 0.1) is 5.75 Å². The van der Waals surface area contributed by atoms with E-state index in [2.05, 4.69) is 22.1 Å². The Labute approximate surface area is 111 Å². The van der Waals surface area contributed by atoms with Gasteiger partial charge in [0.15, 0.2) is 15.8 Å². The lowest BCUT2D eigenvalue weighted by atomic mass is 10.00. The molecular weight excluding hydrogens is 250 g/mol. The second-order valence-electron chi connectivity index (χ2n) is 4.88. The molecule has 1 heterocycles. The Hall–Kier alpha value is -0.780. The molecule has 0 bridgehead atoms. The predicted molar refractivity (Wildman–Crippen MR) is 75.7 cm³/mol. The lowest BCUT2D eigenvalue weighted by Gasteiger charge is -2.32. The van der Waals surface area contributed by atoms with E-state index in [1.165, 1.54) is 12.8 Å². The van der Waals surface area contributed by atoms with Crippen LogP contribution >= 0.6 is 0 Å². The number of hydrogen-bond donors (Lipinski definition) is 1. The van der Waals surface area contributed by atoms with E-state index in [9.17, 15) is 8.42 Å². The molecule has 1 N–H and O–H groups in total. The number of nitrogens with one attached hydrogen (secondary N) is 1. The summed E-state index contributed by atoms with van der Waals surface area (Å²) in [5.41, 5.74) is 0. The van der Waals surface area contributed by atoms with Crippen LogP contribution in [0.4, 0.5) is 0 Å². The van der Waals surface area contributed by atoms with Crippen molar-refractivity contribution < 1.29 is 8.42 Å². The lowest BCUT2D eigenvalue weighted by Crippen LogP contribution is -2.46. The molecule has 1 saturated heterocycles. The maximum Gasteiger partial charge on any atom is 0.193 e. The first-order chi connectivity index (χ1) is 8.48. The number of guanidine groups is 1. The molecule has 0 aromatic rings. The van der Waals surface area contributed by atoms with Crippen molar-refractivity contribution in [2.75, 3.05) is 38.2 Å². The lowest BCUT2D eigenvalue weighted by molar-refractivity contribution is 0.274. The zero-order valence-electron chi connectivity index (χ0n) is 11.6. The standard InChI is InChI=1S/C12H25N3O2S/c1-4-18(16,17)10-7-14-12(13-3)15-8-5-11(2)6-9-15/h11H,4-10H2,1-3H3,(H,13,14). The number of rotatable bonds is 4. The molecule has 0 unspecified atom stereocenters. The summed E-state index contributed by atoms with van der Waals surface area (Å²) in [4.78, 5) is 6.43. The van der Waals surface area contributed by atoms with Gasteiger partial charge in [0.1, 0.15) is 0 Å². The smallest absolute Gasteiger partial charge is 0.193 e. The van der Waals surface area contributed by atoms with Crippen molar-refractivity contribution in [2.24, 2.45) is 10.9 Å². The summed E-state index contributed by atoms with van der Waals surface area (Å²) >= 11 is 0. The summed E-state index contributed by atoms with van der Waals surface area (Å²) < 4.78 is 22.8. The van der Waals surface area contributed by atoms with Crippen LogP contribution < -0.4 is 5.32 Å². The van der Waals surface area contributed by atoms with Crippen LogP contribution in [-0.2, 0) is 9.84 Å². The molecular formula is C12H25N3O2S. The normalized spacial score (nSPS) is 19.1. The highest BCUT2D eigenvalue weighted by atomic mass is 32.2. The molecule has 1 aliphatic rings. The van der Waals surface area contributed by atoms with Gasteiger partial charge in [-0.25, -0.2) is 8.42 Å². The number of sulfone groups is 1. The van der Waals surface area contributed by atoms with Crippen molar-refractivity contribution in [3.63, 3.8) is 0 Å². The zero-order valence-corrected chi connectivity index (χ0v) is 12.5. The van der Waals surface area contributed by atoms with Gasteiger partial charge < -0.3 is 10.2 Å². The Kier molecular flexibility index (Phi) is 5.91. The third-order valence-electron chi connectivity index (χ3n) is 3.43. The van der Waals surface area contributed by atoms with E-state index in [0.29, 0.717) is 6.54 Å². The fourth-order valence-electron chi connectivity index (χ4n) is 2.02. The van der Waals surface area contributed by atoms with Crippen LogP contribution in [0.5, 0.6) is 0 Å². The highest BCUT2D eigenvalue weighted by Crippen LogP contribution is 2.15. The molecule has 0 aromatic carbocycles. The predicted octanol–water partition coefficient (Wildman–Crippen LogP) is 0.728. The van der Waals surface area contributed by atoms with E-state index >= 15 is 0 Å². The van der Waals surface area contributed by atoms with Crippen LogP contribution in [0.3, 0.4) is 0 Å². The van der Waals surface area contributed by atoms with Gasteiger partial charge in [0.2, 0.25) is 0 Å². The Morgan fingerprint density at radius 3 is 2.50 bits per heavy atom. The van der Waals surface area contributed by atoms with Crippen LogP contribution in [-0.4, -0.2) is 57.5 Å². The molecule has 0 radical (unpaired) electrons. The second kappa shape index (κ2) is 6.97. The summed E-state index contributed by atoms with van der Waals surface area (Å²) in [7, 11) is -1.15. The Bertz CT molecular complexity index is 371. The summed E-state index contributed by atoms with van der Waals surface area (Å²) in [6.07, 6.45) is 2.35. The van der Waals surface area contributed by atoms with Gasteiger partial charge in [-0.05, 0) is 18.8 Å².